The van der Waals surface area contributed by atoms with E-state index >= 15 is 0 Å². The summed E-state index contributed by atoms with van der Waals surface area (Å²) in [6, 6.07) is 12.1. The number of nitrogens with zero attached hydrogens (tertiary/aromatic N) is 2. The zero-order chi connectivity index (χ0) is 19.4. The molecular formula is C18H13F4N3OS. The number of aromatic nitrogens is 2. The Hall–Kier alpha value is -2.68. The van der Waals surface area contributed by atoms with Gasteiger partial charge < -0.3 is 5.32 Å². The van der Waals surface area contributed by atoms with Crippen molar-refractivity contribution in [2.75, 3.05) is 11.1 Å². The highest BCUT2D eigenvalue weighted by Crippen LogP contribution is 2.32. The number of carbonyl (C=O) groups is 1. The van der Waals surface area contributed by atoms with Gasteiger partial charge in [-0.3, -0.25) is 4.79 Å². The number of rotatable bonds is 5. The molecule has 1 amide bonds. The fourth-order valence-electron chi connectivity index (χ4n) is 2.30. The van der Waals surface area contributed by atoms with Gasteiger partial charge in [-0.1, -0.05) is 30.3 Å². The third-order valence-corrected chi connectivity index (χ3v) is 4.53. The van der Waals surface area contributed by atoms with Crippen LogP contribution in [-0.2, 0) is 11.0 Å². The van der Waals surface area contributed by atoms with Crippen LogP contribution in [0.4, 0.5) is 23.2 Å². The van der Waals surface area contributed by atoms with E-state index < -0.39 is 23.7 Å². The lowest BCUT2D eigenvalue weighted by Gasteiger charge is -2.10. The lowest BCUT2D eigenvalue weighted by atomic mass is 10.2. The number of fused-ring (bicyclic) bond motifs is 1. The summed E-state index contributed by atoms with van der Waals surface area (Å²) < 4.78 is 52.5. The molecule has 0 fully saturated rings. The lowest BCUT2D eigenvalue weighted by molar-refractivity contribution is -0.145. The first-order valence-corrected chi connectivity index (χ1v) is 8.84. The zero-order valence-electron chi connectivity index (χ0n) is 13.8. The first-order valence-electron chi connectivity index (χ1n) is 7.86. The van der Waals surface area contributed by atoms with Gasteiger partial charge in [0.2, 0.25) is 11.7 Å². The van der Waals surface area contributed by atoms with Crippen molar-refractivity contribution < 1.29 is 22.4 Å². The highest BCUT2D eigenvalue weighted by Gasteiger charge is 2.35. The van der Waals surface area contributed by atoms with Crippen LogP contribution < -0.4 is 5.32 Å². The lowest BCUT2D eigenvalue weighted by Crippen LogP contribution is -2.14. The average molecular weight is 395 g/mol. The van der Waals surface area contributed by atoms with Gasteiger partial charge in [-0.15, -0.1) is 11.8 Å². The van der Waals surface area contributed by atoms with E-state index in [1.54, 1.807) is 24.3 Å². The molecule has 1 aromatic heterocycles. The van der Waals surface area contributed by atoms with Crippen LogP contribution in [0.1, 0.15) is 12.2 Å². The van der Waals surface area contributed by atoms with Gasteiger partial charge >= 0.3 is 6.18 Å². The minimum absolute atomic E-state index is 0.0152. The van der Waals surface area contributed by atoms with Gasteiger partial charge in [0.15, 0.2) is 0 Å². The van der Waals surface area contributed by atoms with Gasteiger partial charge in [0.05, 0.1) is 11.2 Å². The number of hydrogen-bond acceptors (Lipinski definition) is 4. The molecule has 1 heterocycles. The van der Waals surface area contributed by atoms with Crippen molar-refractivity contribution in [2.45, 2.75) is 17.6 Å². The number of hydrogen-bond donors (Lipinski definition) is 1. The van der Waals surface area contributed by atoms with E-state index in [0.717, 1.165) is 11.8 Å². The molecule has 3 aromatic rings. The number of alkyl halides is 3. The highest BCUT2D eigenvalue weighted by molar-refractivity contribution is 7.99. The summed E-state index contributed by atoms with van der Waals surface area (Å²) in [6.07, 6.45) is -4.68. The van der Waals surface area contributed by atoms with Crippen molar-refractivity contribution >= 4 is 34.3 Å². The second-order valence-electron chi connectivity index (χ2n) is 5.49. The molecule has 0 saturated carbocycles. The third-order valence-electron chi connectivity index (χ3n) is 3.54. The van der Waals surface area contributed by atoms with E-state index in [1.807, 2.05) is 0 Å². The molecule has 0 bridgehead atoms. The molecule has 0 atom stereocenters. The van der Waals surface area contributed by atoms with E-state index in [1.165, 1.54) is 24.3 Å². The maximum absolute atomic E-state index is 13.5. The van der Waals surface area contributed by atoms with E-state index in [4.69, 9.17) is 0 Å². The number of nitrogens with one attached hydrogen (secondary N) is 1. The molecule has 2 aromatic carbocycles. The smallest absolute Gasteiger partial charge is 0.324 e. The van der Waals surface area contributed by atoms with Crippen LogP contribution in [0.3, 0.4) is 0 Å². The Labute approximate surface area is 156 Å². The van der Waals surface area contributed by atoms with Crippen LogP contribution in [-0.4, -0.2) is 21.6 Å². The first-order chi connectivity index (χ1) is 12.8. The fraction of sp³-hybridized carbons (Fsp3) is 0.167. The molecule has 0 aliphatic carbocycles. The second kappa shape index (κ2) is 7.91. The molecule has 1 N–H and O–H groups in total. The minimum atomic E-state index is -4.67. The largest absolute Gasteiger partial charge is 0.451 e. The Morgan fingerprint density at radius 3 is 2.48 bits per heavy atom. The Balaban J connectivity index is 1.71. The van der Waals surface area contributed by atoms with Crippen molar-refractivity contribution in [3.8, 4) is 0 Å². The summed E-state index contributed by atoms with van der Waals surface area (Å²) in [5.41, 5.74) is 0.234. The molecule has 3 rings (SSSR count). The van der Waals surface area contributed by atoms with Gasteiger partial charge in [0, 0.05) is 17.6 Å². The molecular weight excluding hydrogens is 382 g/mol. The van der Waals surface area contributed by atoms with Crippen LogP contribution in [0.5, 0.6) is 0 Å². The highest BCUT2D eigenvalue weighted by atomic mass is 32.2. The van der Waals surface area contributed by atoms with Crippen LogP contribution in [0.25, 0.3) is 10.9 Å². The monoisotopic (exact) mass is 395 g/mol. The number of benzene rings is 2. The number of anilines is 1. The normalized spacial score (nSPS) is 11.6. The Bertz CT molecular complexity index is 978. The van der Waals surface area contributed by atoms with E-state index in [-0.39, 0.29) is 28.4 Å². The molecule has 0 spiro atoms. The quantitative estimate of drug-likeness (QED) is 0.379. The van der Waals surface area contributed by atoms with E-state index in [2.05, 4.69) is 15.3 Å². The maximum atomic E-state index is 13.5. The number of thioether (sulfide) groups is 1. The van der Waals surface area contributed by atoms with Crippen molar-refractivity contribution in [3.63, 3.8) is 0 Å². The summed E-state index contributed by atoms with van der Waals surface area (Å²) in [6.45, 7) is 0. The Kier molecular flexibility index (Phi) is 5.59. The van der Waals surface area contributed by atoms with Gasteiger partial charge in [0.1, 0.15) is 10.8 Å². The molecule has 140 valence electrons. The topological polar surface area (TPSA) is 54.9 Å². The molecule has 0 radical (unpaired) electrons. The predicted molar refractivity (Wildman–Crippen MR) is 94.9 cm³/mol. The van der Waals surface area contributed by atoms with Gasteiger partial charge in [0.25, 0.3) is 0 Å². The summed E-state index contributed by atoms with van der Waals surface area (Å²) in [5.74, 6) is -2.05. The SMILES string of the molecule is O=C(CCSc1nc(C(F)(F)F)nc2ccccc12)Nc1ccccc1F. The summed E-state index contributed by atoms with van der Waals surface area (Å²) >= 11 is 1.02. The fourth-order valence-corrected chi connectivity index (χ4v) is 3.26. The molecule has 0 saturated heterocycles. The average Bonchev–Trinajstić information content (AvgIpc) is 2.62. The molecule has 9 heteroatoms. The van der Waals surface area contributed by atoms with Crippen molar-refractivity contribution in [1.82, 2.24) is 9.97 Å². The van der Waals surface area contributed by atoms with Gasteiger partial charge in [-0.2, -0.15) is 13.2 Å². The third kappa shape index (κ3) is 4.73. The zero-order valence-corrected chi connectivity index (χ0v) is 14.6. The molecule has 0 unspecified atom stereocenters. The molecule has 0 aliphatic heterocycles. The number of amides is 1. The van der Waals surface area contributed by atoms with Crippen LogP contribution in [0, 0.1) is 5.82 Å². The van der Waals surface area contributed by atoms with E-state index in [9.17, 15) is 22.4 Å². The second-order valence-corrected chi connectivity index (χ2v) is 6.58. The van der Waals surface area contributed by atoms with Gasteiger partial charge in [-0.05, 0) is 18.2 Å². The number of halogens is 4. The summed E-state index contributed by atoms with van der Waals surface area (Å²) in [4.78, 5) is 19.1. The first kappa shape index (κ1) is 19.1. The van der Waals surface area contributed by atoms with Crippen molar-refractivity contribution in [2.24, 2.45) is 0 Å². The molecule has 4 nitrogen and oxygen atoms in total. The van der Waals surface area contributed by atoms with Crippen molar-refractivity contribution in [1.29, 1.82) is 0 Å². The molecule has 0 aliphatic rings. The minimum Gasteiger partial charge on any atom is -0.324 e. The summed E-state index contributed by atoms with van der Waals surface area (Å²) in [5, 5.41) is 3.05. The van der Waals surface area contributed by atoms with Crippen LogP contribution in [0.15, 0.2) is 53.6 Å². The van der Waals surface area contributed by atoms with Crippen LogP contribution >= 0.6 is 11.8 Å². The number of para-hydroxylation sites is 2. The standard InChI is InChI=1S/C18H13F4N3OS/c19-12-6-2-4-8-14(12)23-15(26)9-10-27-16-11-5-1-3-7-13(11)24-17(25-16)18(20,21)22/h1-8H,9-10H2,(H,23,26). The number of carbonyl (C=O) groups excluding carboxylic acids is 1. The predicted octanol–water partition coefficient (Wildman–Crippen LogP) is 4.91. The van der Waals surface area contributed by atoms with Gasteiger partial charge in [-0.25, -0.2) is 14.4 Å². The molecule has 27 heavy (non-hydrogen) atoms. The van der Waals surface area contributed by atoms with E-state index in [0.29, 0.717) is 5.39 Å². The Morgan fingerprint density at radius 2 is 1.74 bits per heavy atom. The van der Waals surface area contributed by atoms with Crippen LogP contribution in [0.2, 0.25) is 0 Å². The van der Waals surface area contributed by atoms with Crippen molar-refractivity contribution in [3.05, 3.63) is 60.2 Å². The maximum Gasteiger partial charge on any atom is 0.451 e. The summed E-state index contributed by atoms with van der Waals surface area (Å²) in [7, 11) is 0. The Morgan fingerprint density at radius 1 is 1.04 bits per heavy atom.